The third-order valence-corrected chi connectivity index (χ3v) is 10.0. The molecule has 15 nitrogen and oxygen atoms in total. The van der Waals surface area contributed by atoms with Gasteiger partial charge in [0, 0.05) is 63.0 Å². The lowest BCUT2D eigenvalue weighted by molar-refractivity contribution is -0.145. The summed E-state index contributed by atoms with van der Waals surface area (Å²) >= 11 is 0. The van der Waals surface area contributed by atoms with Crippen LogP contribution in [0, 0.1) is 17.3 Å². The average Bonchev–Trinajstić information content (AvgIpc) is 3.41. The lowest BCUT2D eigenvalue weighted by Crippen LogP contribution is -2.45. The van der Waals surface area contributed by atoms with Gasteiger partial charge in [-0.1, -0.05) is 47.1 Å². The van der Waals surface area contributed by atoms with Crippen LogP contribution in [-0.2, 0) is 56.2 Å². The van der Waals surface area contributed by atoms with Crippen LogP contribution in [0.25, 0.3) is 0 Å². The van der Waals surface area contributed by atoms with Crippen LogP contribution in [0.1, 0.15) is 118 Å². The van der Waals surface area contributed by atoms with Gasteiger partial charge in [0.25, 0.3) is 0 Å². The maximum Gasteiger partial charge on any atom is 0.305 e. The van der Waals surface area contributed by atoms with Crippen LogP contribution in [0.3, 0.4) is 0 Å². The number of nitrogens with one attached hydrogen (secondary N) is 3. The molecule has 0 spiro atoms. The smallest absolute Gasteiger partial charge is 0.305 e. The molecule has 1 aliphatic heterocycles. The first-order valence-corrected chi connectivity index (χ1v) is 19.8. The van der Waals surface area contributed by atoms with E-state index in [4.69, 9.17) is 15.2 Å². The van der Waals surface area contributed by atoms with Crippen molar-refractivity contribution >= 4 is 47.1 Å². The zero-order chi connectivity index (χ0) is 42.2. The van der Waals surface area contributed by atoms with E-state index < -0.39 is 28.9 Å². The zero-order valence-electron chi connectivity index (χ0n) is 35.0. The topological polar surface area (TPSA) is 207 Å². The third-order valence-electron chi connectivity index (χ3n) is 10.0. The van der Waals surface area contributed by atoms with Crippen molar-refractivity contribution < 1.29 is 43.0 Å². The number of carbonyl (C=O) groups is 7. The molecular weight excluding hydrogens is 720 g/mol. The minimum atomic E-state index is -0.943. The highest BCUT2D eigenvalue weighted by molar-refractivity contribution is 6.03. The summed E-state index contributed by atoms with van der Waals surface area (Å²) in [6.07, 6.45) is 3.58. The van der Waals surface area contributed by atoms with Crippen molar-refractivity contribution in [3.05, 3.63) is 29.3 Å². The van der Waals surface area contributed by atoms with Gasteiger partial charge in [0.2, 0.25) is 35.4 Å². The fraction of sp³-hybridized carbons (Fsp3) is 0.683. The van der Waals surface area contributed by atoms with Crippen molar-refractivity contribution in [1.82, 2.24) is 20.4 Å². The molecular formula is C41H66N6O9. The van der Waals surface area contributed by atoms with E-state index in [2.05, 4.69) is 16.0 Å². The Morgan fingerprint density at radius 1 is 0.982 bits per heavy atom. The number of imide groups is 1. The Morgan fingerprint density at radius 2 is 1.68 bits per heavy atom. The molecule has 0 bridgehead atoms. The van der Waals surface area contributed by atoms with Gasteiger partial charge in [-0.3, -0.25) is 38.5 Å². The van der Waals surface area contributed by atoms with Crippen LogP contribution in [-0.4, -0.2) is 96.1 Å². The van der Waals surface area contributed by atoms with Gasteiger partial charge in [0.15, 0.2) is 0 Å². The summed E-state index contributed by atoms with van der Waals surface area (Å²) in [5.74, 6) is -2.27. The molecule has 2 unspecified atom stereocenters. The predicted molar refractivity (Wildman–Crippen MR) is 212 cm³/mol. The average molecular weight is 787 g/mol. The van der Waals surface area contributed by atoms with Gasteiger partial charge in [-0.25, -0.2) is 0 Å². The highest BCUT2D eigenvalue weighted by Crippen LogP contribution is 2.28. The molecule has 314 valence electrons. The van der Waals surface area contributed by atoms with Gasteiger partial charge in [0.05, 0.1) is 12.1 Å². The Balaban J connectivity index is 1.91. The quantitative estimate of drug-likeness (QED) is 0.0677. The van der Waals surface area contributed by atoms with Crippen LogP contribution in [0.15, 0.2) is 18.2 Å². The largest absolute Gasteiger partial charge is 0.461 e. The second-order valence-corrected chi connectivity index (χ2v) is 16.2. The number of esters is 1. The highest BCUT2D eigenvalue weighted by atomic mass is 16.5. The third kappa shape index (κ3) is 15.6. The molecule has 1 aliphatic rings. The molecule has 1 heterocycles. The number of carbonyl (C=O) groups excluding carboxylic acids is 7. The molecule has 1 saturated heterocycles. The van der Waals surface area contributed by atoms with E-state index in [0.717, 1.165) is 0 Å². The van der Waals surface area contributed by atoms with Gasteiger partial charge in [-0.15, -0.1) is 0 Å². The van der Waals surface area contributed by atoms with Crippen LogP contribution < -0.4 is 21.7 Å². The van der Waals surface area contributed by atoms with E-state index in [-0.39, 0.29) is 80.4 Å². The maximum absolute atomic E-state index is 13.6. The van der Waals surface area contributed by atoms with Crippen molar-refractivity contribution in [2.24, 2.45) is 23.0 Å². The summed E-state index contributed by atoms with van der Waals surface area (Å²) in [5.41, 5.74) is 6.31. The first-order chi connectivity index (χ1) is 26.2. The number of rotatable bonds is 24. The fourth-order valence-electron chi connectivity index (χ4n) is 6.28. The van der Waals surface area contributed by atoms with Crippen LogP contribution in [0.5, 0.6) is 0 Å². The number of benzene rings is 1. The Hall–Kier alpha value is -4.37. The van der Waals surface area contributed by atoms with Crippen molar-refractivity contribution in [3.63, 3.8) is 0 Å². The van der Waals surface area contributed by atoms with Crippen molar-refractivity contribution in [3.8, 4) is 0 Å². The van der Waals surface area contributed by atoms with Crippen molar-refractivity contribution in [2.75, 3.05) is 38.6 Å². The van der Waals surface area contributed by atoms with E-state index in [0.29, 0.717) is 68.6 Å². The molecule has 0 aromatic heterocycles. The predicted octanol–water partition coefficient (Wildman–Crippen LogP) is 3.81. The Labute approximate surface area is 332 Å². The van der Waals surface area contributed by atoms with Gasteiger partial charge in [-0.05, 0) is 82.2 Å². The second-order valence-electron chi connectivity index (χ2n) is 16.2. The zero-order valence-corrected chi connectivity index (χ0v) is 35.0. The summed E-state index contributed by atoms with van der Waals surface area (Å²) in [7, 11) is 1.69. The number of likely N-dealkylation sites (tertiary alicyclic amines) is 1. The first-order valence-electron chi connectivity index (χ1n) is 19.8. The van der Waals surface area contributed by atoms with Gasteiger partial charge in [0.1, 0.15) is 12.6 Å². The van der Waals surface area contributed by atoms with Gasteiger partial charge >= 0.3 is 5.97 Å². The SMILES string of the molecule is CCC(=O)OCc1ccc(NC(=O)C(C)NC(=O)CNC(=O)CCCCCN2C(=O)CC(C(C)C)C2=O)cc1CN(C)C(=O)C(C)(C)CCOC(C)(C)CCN. The Kier molecular flexibility index (Phi) is 19.1. The van der Waals surface area contributed by atoms with E-state index in [9.17, 15) is 33.6 Å². The number of unbranched alkanes of at least 4 members (excludes halogenated alkanes) is 2. The van der Waals surface area contributed by atoms with Gasteiger partial charge < -0.3 is 36.1 Å². The normalized spacial score (nSPS) is 15.1. The summed E-state index contributed by atoms with van der Waals surface area (Å²) in [6.45, 7) is 15.8. The van der Waals surface area contributed by atoms with Crippen LogP contribution >= 0.6 is 0 Å². The summed E-state index contributed by atoms with van der Waals surface area (Å²) in [4.78, 5) is 91.1. The molecule has 0 aliphatic carbocycles. The van der Waals surface area contributed by atoms with Gasteiger partial charge in [-0.2, -0.15) is 0 Å². The Morgan fingerprint density at radius 3 is 2.30 bits per heavy atom. The van der Waals surface area contributed by atoms with E-state index >= 15 is 0 Å². The fourth-order valence-corrected chi connectivity index (χ4v) is 6.28. The molecule has 5 N–H and O–H groups in total. The van der Waals surface area contributed by atoms with Crippen LogP contribution in [0.4, 0.5) is 5.69 Å². The molecule has 1 aromatic carbocycles. The number of nitrogens with zero attached hydrogens (tertiary/aromatic N) is 2. The maximum atomic E-state index is 13.6. The molecule has 15 heteroatoms. The number of anilines is 1. The molecule has 6 amide bonds. The van der Waals surface area contributed by atoms with E-state index in [1.54, 1.807) is 37.1 Å². The Bertz CT molecular complexity index is 1540. The first kappa shape index (κ1) is 47.8. The summed E-state index contributed by atoms with van der Waals surface area (Å²) in [5, 5.41) is 7.93. The van der Waals surface area contributed by atoms with E-state index in [1.807, 2.05) is 41.5 Å². The number of hydrogen-bond donors (Lipinski definition) is 4. The lowest BCUT2D eigenvalue weighted by Gasteiger charge is -2.32. The lowest BCUT2D eigenvalue weighted by atomic mass is 9.87. The molecule has 1 fully saturated rings. The molecule has 0 saturated carbocycles. The number of nitrogens with two attached hydrogens (primary N) is 1. The summed E-state index contributed by atoms with van der Waals surface area (Å²) in [6, 6.07) is 4.14. The summed E-state index contributed by atoms with van der Waals surface area (Å²) < 4.78 is 11.4. The monoisotopic (exact) mass is 786 g/mol. The number of ether oxygens (including phenoxy) is 2. The molecule has 2 rings (SSSR count). The highest BCUT2D eigenvalue weighted by Gasteiger charge is 2.39. The molecule has 2 atom stereocenters. The van der Waals surface area contributed by atoms with E-state index in [1.165, 1.54) is 11.8 Å². The number of amides is 6. The van der Waals surface area contributed by atoms with Crippen molar-refractivity contribution in [1.29, 1.82) is 0 Å². The minimum absolute atomic E-state index is 0.0106. The molecule has 56 heavy (non-hydrogen) atoms. The van der Waals surface area contributed by atoms with Crippen LogP contribution in [0.2, 0.25) is 0 Å². The van der Waals surface area contributed by atoms with Crippen molar-refractivity contribution in [2.45, 2.75) is 132 Å². The second kappa shape index (κ2) is 22.4. The standard InChI is InChI=1S/C41H66N6O9/c1-10-36(51)55-26-29-15-16-31(22-30(29)25-46(9)39(54)40(5,6)18-21-56-41(7,8)17-19-42)45-37(52)28(4)44-34(49)24-43-33(48)14-12-11-13-20-47-35(50)23-32(27(2)3)38(47)53/h15-16,22,27-28,32H,10-14,17-21,23-26,42H2,1-9H3,(H,43,48)(H,44,49)(H,45,52). The minimum Gasteiger partial charge on any atom is -0.461 e. The number of hydrogen-bond acceptors (Lipinski definition) is 10. The molecule has 0 radical (unpaired) electrons. The molecule has 1 aromatic rings.